The molecule has 0 spiro atoms. The Morgan fingerprint density at radius 1 is 1.32 bits per heavy atom. The first-order chi connectivity index (χ1) is 14.5. The fourth-order valence-electron chi connectivity index (χ4n) is 3.25. The van der Waals surface area contributed by atoms with Crippen molar-refractivity contribution in [2.45, 2.75) is 46.2 Å². The van der Waals surface area contributed by atoms with Gasteiger partial charge in [0.25, 0.3) is 0 Å². The zero-order chi connectivity index (χ0) is 21.3. The third-order valence-electron chi connectivity index (χ3n) is 5.04. The molecule has 1 atom stereocenters. The summed E-state index contributed by atoms with van der Waals surface area (Å²) in [6.07, 6.45) is 1.80. The molecule has 8 nitrogen and oxygen atoms in total. The van der Waals surface area contributed by atoms with Gasteiger partial charge in [-0.1, -0.05) is 32.0 Å². The number of rotatable bonds is 9. The Morgan fingerprint density at radius 3 is 2.87 bits per heavy atom. The van der Waals surface area contributed by atoms with Gasteiger partial charge in [0.1, 0.15) is 18.1 Å². The van der Waals surface area contributed by atoms with Crippen molar-refractivity contribution in [1.82, 2.24) is 25.4 Å². The van der Waals surface area contributed by atoms with Crippen LogP contribution in [0.4, 0.5) is 0 Å². The van der Waals surface area contributed by atoms with Crippen LogP contribution < -0.4 is 15.4 Å². The smallest absolute Gasteiger partial charge is 0.192 e. The molecule has 0 aliphatic carbocycles. The van der Waals surface area contributed by atoms with Crippen LogP contribution in [0.5, 0.6) is 5.75 Å². The number of hydrogen-bond donors (Lipinski definition) is 2. The van der Waals surface area contributed by atoms with E-state index in [-0.39, 0.29) is 30.0 Å². The van der Waals surface area contributed by atoms with Gasteiger partial charge in [-0.25, -0.2) is 4.99 Å². The van der Waals surface area contributed by atoms with Crippen LogP contribution in [0.15, 0.2) is 29.3 Å². The molecule has 0 saturated carbocycles. The molecule has 1 aliphatic heterocycles. The monoisotopic (exact) mass is 542 g/mol. The van der Waals surface area contributed by atoms with Crippen molar-refractivity contribution in [3.8, 4) is 5.75 Å². The third kappa shape index (κ3) is 7.64. The molecular formula is C22H35IN6O2. The summed E-state index contributed by atoms with van der Waals surface area (Å²) in [5.74, 6) is 3.97. The summed E-state index contributed by atoms with van der Waals surface area (Å²) < 4.78 is 13.4. The molecular weight excluding hydrogens is 507 g/mol. The van der Waals surface area contributed by atoms with E-state index < -0.39 is 0 Å². The maximum absolute atomic E-state index is 5.79. The summed E-state index contributed by atoms with van der Waals surface area (Å²) in [5, 5.41) is 15.4. The molecule has 2 heterocycles. The van der Waals surface area contributed by atoms with Crippen molar-refractivity contribution in [2.24, 2.45) is 18.0 Å². The standard InChI is InChI=1S/C22H34N6O2.HI/c1-16(2)15-29-12-7-11-23-22(24-14-21-27-26-17(3)28(21)4)25-19-10-13-30-20-9-6-5-8-18(19)20;/h5-6,8-9,16,19H,7,10-15H2,1-4H3,(H2,23,24,25);1H. The molecule has 0 saturated heterocycles. The number of hydrogen-bond acceptors (Lipinski definition) is 5. The fourth-order valence-corrected chi connectivity index (χ4v) is 3.25. The molecule has 0 bridgehead atoms. The van der Waals surface area contributed by atoms with E-state index in [1.54, 1.807) is 0 Å². The normalized spacial score (nSPS) is 15.8. The van der Waals surface area contributed by atoms with Gasteiger partial charge in [-0.15, -0.1) is 34.2 Å². The van der Waals surface area contributed by atoms with Gasteiger partial charge in [-0.2, -0.15) is 0 Å². The van der Waals surface area contributed by atoms with E-state index in [2.05, 4.69) is 40.7 Å². The van der Waals surface area contributed by atoms with Crippen molar-refractivity contribution in [3.05, 3.63) is 41.5 Å². The van der Waals surface area contributed by atoms with E-state index in [0.29, 0.717) is 19.1 Å². The van der Waals surface area contributed by atoms with Gasteiger partial charge in [0.2, 0.25) is 0 Å². The molecule has 9 heteroatoms. The number of halogens is 1. The minimum atomic E-state index is 0. The third-order valence-corrected chi connectivity index (χ3v) is 5.04. The maximum Gasteiger partial charge on any atom is 0.192 e. The molecule has 1 aromatic carbocycles. The summed E-state index contributed by atoms with van der Waals surface area (Å²) in [7, 11) is 1.96. The lowest BCUT2D eigenvalue weighted by molar-refractivity contribution is 0.108. The van der Waals surface area contributed by atoms with Crippen LogP contribution >= 0.6 is 24.0 Å². The van der Waals surface area contributed by atoms with Crippen LogP contribution in [0.25, 0.3) is 0 Å². The SMILES string of the molecule is Cc1nnc(CN=C(NCCCOCC(C)C)NC2CCOc3ccccc32)n1C.I. The van der Waals surface area contributed by atoms with E-state index in [1.165, 1.54) is 0 Å². The van der Waals surface area contributed by atoms with Crippen molar-refractivity contribution >= 4 is 29.9 Å². The number of para-hydroxylation sites is 1. The second-order valence-corrected chi connectivity index (χ2v) is 8.01. The van der Waals surface area contributed by atoms with Gasteiger partial charge >= 0.3 is 0 Å². The zero-order valence-corrected chi connectivity index (χ0v) is 21.3. The molecule has 172 valence electrons. The summed E-state index contributed by atoms with van der Waals surface area (Å²) in [5.41, 5.74) is 1.16. The lowest BCUT2D eigenvalue weighted by Crippen LogP contribution is -2.41. The predicted octanol–water partition coefficient (Wildman–Crippen LogP) is 3.36. The van der Waals surface area contributed by atoms with Gasteiger partial charge in [-0.05, 0) is 25.3 Å². The van der Waals surface area contributed by atoms with Crippen LogP contribution in [-0.4, -0.2) is 47.1 Å². The van der Waals surface area contributed by atoms with E-state index in [4.69, 9.17) is 14.5 Å². The van der Waals surface area contributed by atoms with Crippen molar-refractivity contribution in [1.29, 1.82) is 0 Å². The van der Waals surface area contributed by atoms with Gasteiger partial charge in [0, 0.05) is 38.8 Å². The molecule has 1 aromatic heterocycles. The van der Waals surface area contributed by atoms with Crippen molar-refractivity contribution in [2.75, 3.05) is 26.4 Å². The van der Waals surface area contributed by atoms with Crippen LogP contribution in [0.2, 0.25) is 0 Å². The van der Waals surface area contributed by atoms with Crippen molar-refractivity contribution in [3.63, 3.8) is 0 Å². The minimum Gasteiger partial charge on any atom is -0.493 e. The van der Waals surface area contributed by atoms with E-state index in [1.807, 2.05) is 36.7 Å². The zero-order valence-electron chi connectivity index (χ0n) is 18.9. The Labute approximate surface area is 202 Å². The first-order valence-electron chi connectivity index (χ1n) is 10.7. The minimum absolute atomic E-state index is 0. The van der Waals surface area contributed by atoms with Crippen LogP contribution in [0, 0.1) is 12.8 Å². The summed E-state index contributed by atoms with van der Waals surface area (Å²) in [4.78, 5) is 4.77. The number of aliphatic imine (C=N–C) groups is 1. The average molecular weight is 542 g/mol. The number of ether oxygens (including phenoxy) is 2. The molecule has 3 rings (SSSR count). The first-order valence-corrected chi connectivity index (χ1v) is 10.7. The largest absolute Gasteiger partial charge is 0.493 e. The number of nitrogens with zero attached hydrogens (tertiary/aromatic N) is 4. The summed E-state index contributed by atoms with van der Waals surface area (Å²) >= 11 is 0. The first kappa shape index (κ1) is 25.4. The molecule has 1 unspecified atom stereocenters. The van der Waals surface area contributed by atoms with Gasteiger partial charge in [-0.3, -0.25) is 0 Å². The molecule has 1 aliphatic rings. The lowest BCUT2D eigenvalue weighted by atomic mass is 10.0. The molecule has 0 radical (unpaired) electrons. The van der Waals surface area contributed by atoms with Gasteiger partial charge in [0.15, 0.2) is 11.8 Å². The Kier molecular flexibility index (Phi) is 10.5. The Morgan fingerprint density at radius 2 is 2.13 bits per heavy atom. The van der Waals surface area contributed by atoms with Crippen molar-refractivity contribution < 1.29 is 9.47 Å². The molecule has 31 heavy (non-hydrogen) atoms. The average Bonchev–Trinajstić information content (AvgIpc) is 3.06. The van der Waals surface area contributed by atoms with Crippen LogP contribution in [-0.2, 0) is 18.3 Å². The topological polar surface area (TPSA) is 85.6 Å². The van der Waals surface area contributed by atoms with Crippen LogP contribution in [0.1, 0.15) is 49.9 Å². The van der Waals surface area contributed by atoms with Gasteiger partial charge in [0.05, 0.1) is 12.6 Å². The Bertz CT molecular complexity index is 839. The molecule has 2 aromatic rings. The highest BCUT2D eigenvalue weighted by Crippen LogP contribution is 2.31. The Hall–Kier alpha value is -1.88. The number of guanidine groups is 1. The highest BCUT2D eigenvalue weighted by Gasteiger charge is 2.22. The second-order valence-electron chi connectivity index (χ2n) is 8.01. The highest BCUT2D eigenvalue weighted by atomic mass is 127. The number of aryl methyl sites for hydroxylation is 1. The predicted molar refractivity (Wildman–Crippen MR) is 133 cm³/mol. The number of aromatic nitrogens is 3. The quantitative estimate of drug-likeness (QED) is 0.219. The number of fused-ring (bicyclic) bond motifs is 1. The number of benzene rings is 1. The van der Waals surface area contributed by atoms with Crippen LogP contribution in [0.3, 0.4) is 0 Å². The van der Waals surface area contributed by atoms with E-state index in [0.717, 1.165) is 61.5 Å². The molecule has 0 amide bonds. The highest BCUT2D eigenvalue weighted by molar-refractivity contribution is 14.0. The molecule has 2 N–H and O–H groups in total. The fraction of sp³-hybridized carbons (Fsp3) is 0.591. The maximum atomic E-state index is 5.79. The Balaban J connectivity index is 0.00000341. The summed E-state index contributed by atoms with van der Waals surface area (Å²) in [6, 6.07) is 8.32. The molecule has 0 fully saturated rings. The summed E-state index contributed by atoms with van der Waals surface area (Å²) in [6.45, 7) is 9.72. The van der Waals surface area contributed by atoms with E-state index >= 15 is 0 Å². The number of nitrogens with one attached hydrogen (secondary N) is 2. The lowest BCUT2D eigenvalue weighted by Gasteiger charge is -2.28. The van der Waals surface area contributed by atoms with Gasteiger partial charge < -0.3 is 24.7 Å². The second kappa shape index (κ2) is 12.8. The van der Waals surface area contributed by atoms with E-state index in [9.17, 15) is 0 Å².